The van der Waals surface area contributed by atoms with Gasteiger partial charge in [0.05, 0.1) is 18.2 Å². The zero-order valence-electron chi connectivity index (χ0n) is 24.6. The average molecular weight is 586 g/mol. The average Bonchev–Trinajstić information content (AvgIpc) is 2.88. The predicted molar refractivity (Wildman–Crippen MR) is 151 cm³/mol. The lowest BCUT2D eigenvalue weighted by molar-refractivity contribution is -0.148. The lowest BCUT2D eigenvalue weighted by Crippen LogP contribution is -2.63. The highest BCUT2D eigenvalue weighted by Gasteiger charge is 2.63. The number of aromatic hydroxyl groups is 1. The molecule has 0 aromatic heterocycles. The normalized spacial score (nSPS) is 25.5. The number of hydrogen-bond donors (Lipinski definition) is 6. The minimum Gasteiger partial charge on any atom is -0.510 e. The molecule has 4 atom stereocenters. The highest BCUT2D eigenvalue weighted by atomic mass is 16.5. The Bertz CT molecular complexity index is 1430. The van der Waals surface area contributed by atoms with Gasteiger partial charge in [-0.3, -0.25) is 19.3 Å². The molecule has 2 amide bonds. The second-order valence-corrected chi connectivity index (χ2v) is 12.3. The SMILES string of the molecule is CC(C)COC(=O)NCc1cc(C(C)C)c2c(c1O)C(=O)C1=C(O)[C@]3(O)C(=O)C(C(N)=O)=C(O)[C@H](N(C)C)[C@@H]3C[C@@H]1C2. The molecule has 7 N–H and O–H groups in total. The number of ether oxygens (including phenoxy) is 1. The summed E-state index contributed by atoms with van der Waals surface area (Å²) in [6.07, 6.45) is -0.485. The Hall–Kier alpha value is -3.90. The van der Waals surface area contributed by atoms with Gasteiger partial charge >= 0.3 is 6.09 Å². The molecule has 228 valence electrons. The van der Waals surface area contributed by atoms with Crippen LogP contribution in [0.4, 0.5) is 4.79 Å². The smallest absolute Gasteiger partial charge is 0.407 e. The summed E-state index contributed by atoms with van der Waals surface area (Å²) in [5.74, 6) is -7.00. The van der Waals surface area contributed by atoms with Crippen LogP contribution in [0.5, 0.6) is 5.75 Å². The Morgan fingerprint density at radius 1 is 1.17 bits per heavy atom. The summed E-state index contributed by atoms with van der Waals surface area (Å²) in [4.78, 5) is 53.4. The first kappa shape index (κ1) is 31.0. The third kappa shape index (κ3) is 4.82. The standard InChI is InChI=1S/C30H39N3O9/c1-12(2)11-42-29(40)32-10-15-8-16(13(3)4)17-7-14-9-18-22(33(5)6)25(36)21(28(31)39)27(38)30(18,41)26(37)19(14)24(35)20(17)23(15)34/h8,12-14,18,22,34,36-37,41H,7,9-11H2,1-6H3,(H2,31,39)(H,32,40)/t14-,18-,22+,30-/m0/s1. The first-order chi connectivity index (χ1) is 19.5. The third-order valence-electron chi connectivity index (χ3n) is 8.43. The number of aliphatic hydroxyl groups is 3. The number of hydrogen-bond acceptors (Lipinski definition) is 10. The molecular weight excluding hydrogens is 546 g/mol. The van der Waals surface area contributed by atoms with Crippen LogP contribution in [0.2, 0.25) is 0 Å². The van der Waals surface area contributed by atoms with Crippen LogP contribution in [0.1, 0.15) is 67.1 Å². The van der Waals surface area contributed by atoms with E-state index in [9.17, 15) is 39.6 Å². The molecule has 1 aromatic carbocycles. The lowest BCUT2D eigenvalue weighted by Gasteiger charge is -2.50. The summed E-state index contributed by atoms with van der Waals surface area (Å²) >= 11 is 0. The zero-order chi connectivity index (χ0) is 31.4. The van der Waals surface area contributed by atoms with Gasteiger partial charge in [0.2, 0.25) is 5.78 Å². The zero-order valence-corrected chi connectivity index (χ0v) is 24.6. The fourth-order valence-corrected chi connectivity index (χ4v) is 6.52. The number of allylic oxidation sites excluding steroid dienone is 1. The van der Waals surface area contributed by atoms with Gasteiger partial charge in [-0.25, -0.2) is 4.79 Å². The highest BCUT2D eigenvalue weighted by Crippen LogP contribution is 2.53. The first-order valence-corrected chi connectivity index (χ1v) is 14.0. The van der Waals surface area contributed by atoms with Gasteiger partial charge in [0.25, 0.3) is 5.91 Å². The molecule has 4 rings (SSSR count). The van der Waals surface area contributed by atoms with Crippen LogP contribution in [0, 0.1) is 17.8 Å². The van der Waals surface area contributed by atoms with Crippen LogP contribution >= 0.6 is 0 Å². The number of ketones is 2. The Morgan fingerprint density at radius 2 is 1.81 bits per heavy atom. The van der Waals surface area contributed by atoms with Crippen molar-refractivity contribution >= 4 is 23.6 Å². The van der Waals surface area contributed by atoms with E-state index in [1.165, 1.54) is 4.90 Å². The fraction of sp³-hybridized carbons (Fsp3) is 0.533. The molecule has 0 heterocycles. The molecule has 0 saturated heterocycles. The molecule has 3 aliphatic rings. The van der Waals surface area contributed by atoms with E-state index in [-0.39, 0.29) is 54.5 Å². The van der Waals surface area contributed by atoms with Crippen LogP contribution in [0.3, 0.4) is 0 Å². The summed E-state index contributed by atoms with van der Waals surface area (Å²) in [5.41, 5.74) is 3.06. The minimum atomic E-state index is -2.71. The summed E-state index contributed by atoms with van der Waals surface area (Å²) in [6, 6.07) is 0.667. The van der Waals surface area contributed by atoms with E-state index in [1.807, 2.05) is 27.7 Å². The van der Waals surface area contributed by atoms with Crippen molar-refractivity contribution in [3.8, 4) is 5.75 Å². The highest BCUT2D eigenvalue weighted by molar-refractivity contribution is 6.24. The van der Waals surface area contributed by atoms with Crippen molar-refractivity contribution in [1.29, 1.82) is 0 Å². The van der Waals surface area contributed by atoms with Crippen LogP contribution in [0.15, 0.2) is 28.7 Å². The molecule has 1 aromatic rings. The first-order valence-electron chi connectivity index (χ1n) is 14.0. The van der Waals surface area contributed by atoms with Gasteiger partial charge in [0, 0.05) is 23.6 Å². The van der Waals surface area contributed by atoms with Gasteiger partial charge in [0.15, 0.2) is 11.4 Å². The van der Waals surface area contributed by atoms with Gasteiger partial charge in [-0.05, 0) is 61.9 Å². The Kier molecular flexibility index (Phi) is 8.18. The number of phenolic OH excluding ortho intramolecular Hbond substituents is 1. The van der Waals surface area contributed by atoms with Crippen LogP contribution < -0.4 is 11.1 Å². The number of amides is 2. The molecule has 12 heteroatoms. The monoisotopic (exact) mass is 585 g/mol. The summed E-state index contributed by atoms with van der Waals surface area (Å²) in [7, 11) is 3.16. The maximum atomic E-state index is 14.1. The molecular formula is C30H39N3O9. The largest absolute Gasteiger partial charge is 0.510 e. The van der Waals surface area contributed by atoms with E-state index < -0.39 is 69.9 Å². The van der Waals surface area contributed by atoms with Crippen molar-refractivity contribution in [3.05, 3.63) is 51.0 Å². The number of carbonyl (C=O) groups excluding carboxylic acids is 4. The number of rotatable bonds is 7. The molecule has 0 unspecified atom stereocenters. The molecule has 0 fully saturated rings. The van der Waals surface area contributed by atoms with Gasteiger partial charge in [-0.2, -0.15) is 0 Å². The quantitative estimate of drug-likeness (QED) is 0.258. The van der Waals surface area contributed by atoms with E-state index >= 15 is 0 Å². The molecule has 0 bridgehead atoms. The maximum Gasteiger partial charge on any atom is 0.407 e. The van der Waals surface area contributed by atoms with E-state index in [1.54, 1.807) is 20.2 Å². The maximum absolute atomic E-state index is 14.1. The predicted octanol–water partition coefficient (Wildman–Crippen LogP) is 2.13. The van der Waals surface area contributed by atoms with E-state index in [4.69, 9.17) is 10.5 Å². The summed E-state index contributed by atoms with van der Waals surface area (Å²) in [6.45, 7) is 7.68. The van der Waals surface area contributed by atoms with Crippen LogP contribution in [0.25, 0.3) is 0 Å². The van der Waals surface area contributed by atoms with Gasteiger partial charge in [-0.1, -0.05) is 27.7 Å². The number of fused-ring (bicyclic) bond motifs is 3. The Morgan fingerprint density at radius 3 is 2.36 bits per heavy atom. The number of nitrogens with one attached hydrogen (secondary N) is 1. The van der Waals surface area contributed by atoms with Gasteiger partial charge in [-0.15, -0.1) is 0 Å². The van der Waals surface area contributed by atoms with Crippen LogP contribution in [-0.2, 0) is 27.3 Å². The van der Waals surface area contributed by atoms with Crippen molar-refractivity contribution in [1.82, 2.24) is 10.2 Å². The minimum absolute atomic E-state index is 0.00899. The van der Waals surface area contributed by atoms with E-state index in [2.05, 4.69) is 5.32 Å². The number of benzene rings is 1. The summed E-state index contributed by atoms with van der Waals surface area (Å²) < 4.78 is 5.13. The molecule has 0 aliphatic heterocycles. The Balaban J connectivity index is 1.84. The van der Waals surface area contributed by atoms with Crippen LogP contribution in [-0.4, -0.2) is 81.2 Å². The van der Waals surface area contributed by atoms with Gasteiger partial charge in [0.1, 0.15) is 22.8 Å². The third-order valence-corrected chi connectivity index (χ3v) is 8.43. The summed E-state index contributed by atoms with van der Waals surface area (Å²) in [5, 5.41) is 48.0. The number of primary amides is 1. The topological polar surface area (TPSA) is 200 Å². The molecule has 12 nitrogen and oxygen atoms in total. The molecule has 3 aliphatic carbocycles. The second-order valence-electron chi connectivity index (χ2n) is 12.3. The molecule has 0 spiro atoms. The molecule has 0 radical (unpaired) electrons. The van der Waals surface area contributed by atoms with Crippen molar-refractivity contribution in [2.75, 3.05) is 20.7 Å². The number of nitrogens with two attached hydrogens (primary N) is 1. The fourth-order valence-electron chi connectivity index (χ4n) is 6.52. The molecule has 0 saturated carbocycles. The van der Waals surface area contributed by atoms with E-state index in [0.29, 0.717) is 5.56 Å². The van der Waals surface area contributed by atoms with Crippen molar-refractivity contribution in [3.63, 3.8) is 0 Å². The number of nitrogens with zero attached hydrogens (tertiary/aromatic N) is 1. The number of aliphatic hydroxyl groups excluding tert-OH is 2. The number of likely N-dealkylation sites (N-methyl/N-ethyl adjacent to an activating group) is 1. The number of alkyl carbamates (subject to hydrolysis) is 1. The second kappa shape index (κ2) is 11.1. The number of phenols is 1. The lowest BCUT2D eigenvalue weighted by atomic mass is 9.58. The van der Waals surface area contributed by atoms with Crippen molar-refractivity contribution in [2.45, 2.75) is 64.6 Å². The Labute approximate surface area is 243 Å². The van der Waals surface area contributed by atoms with E-state index in [0.717, 1.165) is 5.56 Å². The number of carbonyl (C=O) groups is 4. The van der Waals surface area contributed by atoms with Crippen molar-refractivity contribution in [2.24, 2.45) is 23.5 Å². The molecule has 42 heavy (non-hydrogen) atoms. The number of Topliss-reactive ketones (excluding diaryl/α,β-unsaturated/α-hetero) is 2. The van der Waals surface area contributed by atoms with Gasteiger partial charge < -0.3 is 36.2 Å². The van der Waals surface area contributed by atoms with Crippen molar-refractivity contribution < 1.29 is 44.3 Å².